The Morgan fingerprint density at radius 1 is 1.56 bits per heavy atom. The Labute approximate surface area is 109 Å². The van der Waals surface area contributed by atoms with E-state index in [0.717, 1.165) is 5.69 Å². The van der Waals surface area contributed by atoms with Crippen LogP contribution < -0.4 is 4.72 Å². The van der Waals surface area contributed by atoms with E-state index in [-0.39, 0.29) is 18.0 Å². The quantitative estimate of drug-likeness (QED) is 0.836. The lowest BCUT2D eigenvalue weighted by Crippen LogP contribution is -2.24. The summed E-state index contributed by atoms with van der Waals surface area (Å²) in [5.74, 6) is 0. The van der Waals surface area contributed by atoms with E-state index >= 15 is 0 Å². The van der Waals surface area contributed by atoms with Gasteiger partial charge in [0.05, 0.1) is 23.7 Å². The molecule has 6 nitrogen and oxygen atoms in total. The van der Waals surface area contributed by atoms with Crippen LogP contribution in [0.15, 0.2) is 28.6 Å². The third-order valence-corrected chi connectivity index (χ3v) is 4.91. The number of hydrogen-bond donors (Lipinski definition) is 2. The third kappa shape index (κ3) is 2.78. The molecule has 0 radical (unpaired) electrons. The molecule has 2 aromatic heterocycles. The maximum absolute atomic E-state index is 12.0. The van der Waals surface area contributed by atoms with Crippen LogP contribution in [0.5, 0.6) is 0 Å². The molecule has 0 bridgehead atoms. The summed E-state index contributed by atoms with van der Waals surface area (Å²) in [6.45, 7) is 0.0328. The van der Waals surface area contributed by atoms with Crippen molar-refractivity contribution in [2.45, 2.75) is 18.0 Å². The third-order valence-electron chi connectivity index (χ3n) is 2.46. The fraction of sp³-hybridized carbons (Fsp3) is 0.300. The van der Waals surface area contributed by atoms with Crippen molar-refractivity contribution in [2.24, 2.45) is 7.05 Å². The summed E-state index contributed by atoms with van der Waals surface area (Å²) in [4.78, 5) is 0.801. The van der Waals surface area contributed by atoms with E-state index in [4.69, 9.17) is 5.11 Å². The number of aliphatic hydroxyl groups is 1. The van der Waals surface area contributed by atoms with Crippen LogP contribution in [0.2, 0.25) is 0 Å². The number of nitrogens with zero attached hydrogens (tertiary/aromatic N) is 2. The van der Waals surface area contributed by atoms with Crippen molar-refractivity contribution >= 4 is 21.4 Å². The van der Waals surface area contributed by atoms with Gasteiger partial charge in [-0.2, -0.15) is 5.10 Å². The summed E-state index contributed by atoms with van der Waals surface area (Å²) >= 11 is 1.22. The first-order chi connectivity index (χ1) is 8.53. The second kappa shape index (κ2) is 5.19. The minimum atomic E-state index is -3.53. The Hall–Kier alpha value is -1.22. The van der Waals surface area contributed by atoms with Gasteiger partial charge in [-0.1, -0.05) is 0 Å². The zero-order valence-corrected chi connectivity index (χ0v) is 11.3. The topological polar surface area (TPSA) is 84.2 Å². The molecule has 0 aliphatic carbocycles. The van der Waals surface area contributed by atoms with Crippen LogP contribution in [0, 0.1) is 0 Å². The highest BCUT2D eigenvalue weighted by Crippen LogP contribution is 2.19. The first kappa shape index (κ1) is 13.2. The lowest BCUT2D eigenvalue weighted by Gasteiger charge is -2.05. The van der Waals surface area contributed by atoms with Crippen molar-refractivity contribution in [2.75, 3.05) is 0 Å². The van der Waals surface area contributed by atoms with Crippen molar-refractivity contribution < 1.29 is 13.5 Å². The number of hydrogen-bond acceptors (Lipinski definition) is 5. The smallest absolute Gasteiger partial charge is 0.241 e. The minimum absolute atomic E-state index is 0.151. The molecule has 0 unspecified atom stereocenters. The van der Waals surface area contributed by atoms with Crippen molar-refractivity contribution in [1.29, 1.82) is 0 Å². The Bertz CT molecular complexity index is 630. The van der Waals surface area contributed by atoms with Crippen LogP contribution in [-0.2, 0) is 30.2 Å². The normalized spacial score (nSPS) is 11.9. The van der Waals surface area contributed by atoms with Gasteiger partial charge in [0.25, 0.3) is 0 Å². The molecular weight excluding hydrogens is 274 g/mol. The molecule has 0 saturated heterocycles. The second-order valence-electron chi connectivity index (χ2n) is 3.68. The zero-order valence-electron chi connectivity index (χ0n) is 9.70. The maximum Gasteiger partial charge on any atom is 0.241 e. The minimum Gasteiger partial charge on any atom is -0.391 e. The first-order valence-electron chi connectivity index (χ1n) is 5.18. The Balaban J connectivity index is 2.10. The van der Waals surface area contributed by atoms with E-state index in [1.165, 1.54) is 22.8 Å². The standard InChI is InChI=1S/C10H13N3O3S2/c1-13-8(2-3-11-13)5-12-18(15,16)10-4-9(6-14)17-7-10/h2-4,7,12,14H,5-6H2,1H3. The molecule has 2 N–H and O–H groups in total. The molecular formula is C10H13N3O3S2. The van der Waals surface area contributed by atoms with Crippen molar-refractivity contribution in [3.05, 3.63) is 34.3 Å². The van der Waals surface area contributed by atoms with Gasteiger partial charge < -0.3 is 5.11 Å². The fourth-order valence-corrected chi connectivity index (χ4v) is 3.54. The highest BCUT2D eigenvalue weighted by atomic mass is 32.2. The molecule has 0 aliphatic heterocycles. The molecule has 0 fully saturated rings. The SMILES string of the molecule is Cn1nccc1CNS(=O)(=O)c1csc(CO)c1. The van der Waals surface area contributed by atoms with Gasteiger partial charge in [0.1, 0.15) is 0 Å². The number of aliphatic hydroxyl groups excluding tert-OH is 1. The molecule has 8 heteroatoms. The predicted octanol–water partition coefficient (Wildman–Crippen LogP) is 0.452. The molecule has 0 aromatic carbocycles. The van der Waals surface area contributed by atoms with Gasteiger partial charge in [-0.15, -0.1) is 11.3 Å². The van der Waals surface area contributed by atoms with Gasteiger partial charge in [-0.25, -0.2) is 13.1 Å². The number of aryl methyl sites for hydroxylation is 1. The average Bonchev–Trinajstić information content (AvgIpc) is 2.95. The number of rotatable bonds is 5. The molecule has 0 aliphatic rings. The van der Waals surface area contributed by atoms with Crippen LogP contribution >= 0.6 is 11.3 Å². The number of nitrogens with one attached hydrogen (secondary N) is 1. The van der Waals surface area contributed by atoms with Gasteiger partial charge in [-0.3, -0.25) is 4.68 Å². The highest BCUT2D eigenvalue weighted by Gasteiger charge is 2.16. The summed E-state index contributed by atoms with van der Waals surface area (Å²) in [5.41, 5.74) is 0.774. The molecule has 0 saturated carbocycles. The second-order valence-corrected chi connectivity index (χ2v) is 6.44. The van der Waals surface area contributed by atoms with Gasteiger partial charge in [0.2, 0.25) is 10.0 Å². The zero-order chi connectivity index (χ0) is 13.2. The van der Waals surface area contributed by atoms with Crippen molar-refractivity contribution in [3.63, 3.8) is 0 Å². The van der Waals surface area contributed by atoms with E-state index < -0.39 is 10.0 Å². The van der Waals surface area contributed by atoms with Crippen LogP contribution in [0.4, 0.5) is 0 Å². The summed E-state index contributed by atoms with van der Waals surface area (Å²) in [6, 6.07) is 3.21. The van der Waals surface area contributed by atoms with E-state index in [2.05, 4.69) is 9.82 Å². The molecule has 2 heterocycles. The van der Waals surface area contributed by atoms with Crippen LogP contribution in [-0.4, -0.2) is 23.3 Å². The van der Waals surface area contributed by atoms with Gasteiger partial charge in [0.15, 0.2) is 0 Å². The summed E-state index contributed by atoms with van der Waals surface area (Å²) in [5, 5.41) is 14.4. The molecule has 0 amide bonds. The monoisotopic (exact) mass is 287 g/mol. The van der Waals surface area contributed by atoms with Crippen molar-refractivity contribution in [1.82, 2.24) is 14.5 Å². The lowest BCUT2D eigenvalue weighted by molar-refractivity contribution is 0.285. The Morgan fingerprint density at radius 3 is 2.89 bits per heavy atom. The van der Waals surface area contributed by atoms with Crippen LogP contribution in [0.3, 0.4) is 0 Å². The Kier molecular flexibility index (Phi) is 3.81. The number of sulfonamides is 1. The largest absolute Gasteiger partial charge is 0.391 e. The molecule has 18 heavy (non-hydrogen) atoms. The average molecular weight is 287 g/mol. The molecule has 2 rings (SSSR count). The maximum atomic E-state index is 12.0. The summed E-state index contributed by atoms with van der Waals surface area (Å²) in [6.07, 6.45) is 1.61. The molecule has 2 aromatic rings. The van der Waals surface area contributed by atoms with Crippen LogP contribution in [0.1, 0.15) is 10.6 Å². The van der Waals surface area contributed by atoms with E-state index in [1.54, 1.807) is 24.0 Å². The summed E-state index contributed by atoms with van der Waals surface area (Å²) < 4.78 is 28.0. The van der Waals surface area contributed by atoms with E-state index in [9.17, 15) is 8.42 Å². The van der Waals surface area contributed by atoms with Crippen LogP contribution in [0.25, 0.3) is 0 Å². The van der Waals surface area contributed by atoms with E-state index in [0.29, 0.717) is 4.88 Å². The molecule has 0 spiro atoms. The lowest BCUT2D eigenvalue weighted by atomic mass is 10.4. The molecule has 0 atom stereocenters. The fourth-order valence-electron chi connectivity index (χ4n) is 1.41. The highest BCUT2D eigenvalue weighted by molar-refractivity contribution is 7.89. The Morgan fingerprint density at radius 2 is 2.33 bits per heavy atom. The number of thiophene rings is 1. The van der Waals surface area contributed by atoms with Gasteiger partial charge in [-0.05, 0) is 12.1 Å². The van der Waals surface area contributed by atoms with Crippen molar-refractivity contribution in [3.8, 4) is 0 Å². The van der Waals surface area contributed by atoms with Gasteiger partial charge in [0, 0.05) is 23.5 Å². The molecule has 98 valence electrons. The van der Waals surface area contributed by atoms with Gasteiger partial charge >= 0.3 is 0 Å². The summed E-state index contributed by atoms with van der Waals surface area (Å²) in [7, 11) is -1.79. The van der Waals surface area contributed by atoms with E-state index in [1.807, 2.05) is 0 Å². The predicted molar refractivity (Wildman–Crippen MR) is 67.5 cm³/mol. The number of aromatic nitrogens is 2. The first-order valence-corrected chi connectivity index (χ1v) is 7.54.